The average molecular weight is 336 g/mol. The number of rotatable bonds is 3. The molecule has 1 aromatic heterocycles. The maximum absolute atomic E-state index is 12.4. The van der Waals surface area contributed by atoms with Gasteiger partial charge < -0.3 is 16.4 Å². The van der Waals surface area contributed by atoms with Crippen LogP contribution >= 0.6 is 12.4 Å². The number of anilines is 1. The number of H-pyrrole nitrogens is 1. The molecule has 8 heteroatoms. The summed E-state index contributed by atoms with van der Waals surface area (Å²) in [7, 11) is 0. The molecule has 0 aliphatic carbocycles. The van der Waals surface area contributed by atoms with E-state index in [1.165, 1.54) is 0 Å². The molecule has 1 aromatic carbocycles. The van der Waals surface area contributed by atoms with E-state index in [-0.39, 0.29) is 18.3 Å². The van der Waals surface area contributed by atoms with E-state index in [4.69, 9.17) is 5.73 Å². The zero-order valence-corrected chi connectivity index (χ0v) is 13.4. The molecule has 2 amide bonds. The molecule has 0 unspecified atom stereocenters. The third kappa shape index (κ3) is 3.35. The minimum absolute atomic E-state index is 0. The van der Waals surface area contributed by atoms with Gasteiger partial charge >= 0.3 is 0 Å². The average Bonchev–Trinajstić information content (AvgIpc) is 2.91. The lowest BCUT2D eigenvalue weighted by Gasteiger charge is -2.13. The molecule has 0 bridgehead atoms. The van der Waals surface area contributed by atoms with Crippen molar-refractivity contribution in [2.45, 2.75) is 19.9 Å². The van der Waals surface area contributed by atoms with E-state index in [0.717, 1.165) is 29.8 Å². The number of aromatic amines is 1. The molecule has 0 radical (unpaired) electrons. The van der Waals surface area contributed by atoms with Gasteiger partial charge in [-0.05, 0) is 30.7 Å². The van der Waals surface area contributed by atoms with E-state index in [2.05, 4.69) is 20.8 Å². The number of amides is 2. The molecule has 0 atom stereocenters. The Hall–Kier alpha value is -2.38. The highest BCUT2D eigenvalue weighted by Gasteiger charge is 2.21. The number of nitrogens with zero attached hydrogens (tertiary/aromatic N) is 1. The van der Waals surface area contributed by atoms with Gasteiger partial charge in [0.2, 0.25) is 5.91 Å². The predicted octanol–water partition coefficient (Wildman–Crippen LogP) is 1.14. The zero-order valence-electron chi connectivity index (χ0n) is 12.6. The molecule has 0 saturated heterocycles. The maximum Gasteiger partial charge on any atom is 0.276 e. The van der Waals surface area contributed by atoms with Gasteiger partial charge in [-0.15, -0.1) is 12.4 Å². The predicted molar refractivity (Wildman–Crippen MR) is 88.9 cm³/mol. The summed E-state index contributed by atoms with van der Waals surface area (Å²) in [5.41, 5.74) is 9.36. The molecule has 2 aromatic rings. The van der Waals surface area contributed by atoms with Crippen molar-refractivity contribution in [1.29, 1.82) is 0 Å². The van der Waals surface area contributed by atoms with Crippen LogP contribution < -0.4 is 16.4 Å². The molecule has 5 N–H and O–H groups in total. The maximum atomic E-state index is 12.4. The molecule has 7 nitrogen and oxygen atoms in total. The minimum Gasteiger partial charge on any atom is -0.366 e. The number of nitrogens with one attached hydrogen (secondary N) is 3. The Morgan fingerprint density at radius 3 is 2.83 bits per heavy atom. The largest absolute Gasteiger partial charge is 0.366 e. The van der Waals surface area contributed by atoms with Gasteiger partial charge in [-0.2, -0.15) is 5.10 Å². The number of aryl methyl sites for hydroxylation is 1. The fourth-order valence-corrected chi connectivity index (χ4v) is 2.62. The number of carbonyl (C=O) groups is 2. The van der Waals surface area contributed by atoms with Crippen molar-refractivity contribution < 1.29 is 9.59 Å². The van der Waals surface area contributed by atoms with E-state index < -0.39 is 5.91 Å². The number of benzene rings is 1. The Labute approximate surface area is 139 Å². The fourth-order valence-electron chi connectivity index (χ4n) is 2.62. The number of primary amides is 1. The smallest absolute Gasteiger partial charge is 0.276 e. The summed E-state index contributed by atoms with van der Waals surface area (Å²) in [4.78, 5) is 23.6. The summed E-state index contributed by atoms with van der Waals surface area (Å²) < 4.78 is 0. The Balaban J connectivity index is 0.00000192. The summed E-state index contributed by atoms with van der Waals surface area (Å²) >= 11 is 0. The first-order chi connectivity index (χ1) is 10.6. The van der Waals surface area contributed by atoms with Gasteiger partial charge in [-0.25, -0.2) is 0 Å². The second kappa shape index (κ2) is 6.80. The molecule has 0 fully saturated rings. The Bertz CT molecular complexity index is 756. The van der Waals surface area contributed by atoms with Crippen LogP contribution in [-0.4, -0.2) is 28.6 Å². The summed E-state index contributed by atoms with van der Waals surface area (Å²) in [5.74, 6) is -0.754. The number of halogens is 1. The highest BCUT2D eigenvalue weighted by atomic mass is 35.5. The number of carbonyl (C=O) groups excluding carboxylic acids is 2. The number of fused-ring (bicyclic) bond motifs is 1. The molecular formula is C15H18ClN5O2. The van der Waals surface area contributed by atoms with Gasteiger partial charge in [0.1, 0.15) is 0 Å². The molecule has 122 valence electrons. The number of nitrogens with two attached hydrogens (primary N) is 1. The Morgan fingerprint density at radius 2 is 2.13 bits per heavy atom. The molecule has 0 saturated carbocycles. The first-order valence-corrected chi connectivity index (χ1v) is 7.05. The number of aromatic nitrogens is 2. The van der Waals surface area contributed by atoms with E-state index in [9.17, 15) is 9.59 Å². The lowest BCUT2D eigenvalue weighted by Crippen LogP contribution is -2.25. The first-order valence-electron chi connectivity index (χ1n) is 7.05. The van der Waals surface area contributed by atoms with Crippen LogP contribution in [0.2, 0.25) is 0 Å². The molecule has 0 spiro atoms. The van der Waals surface area contributed by atoms with E-state index in [0.29, 0.717) is 23.5 Å². The van der Waals surface area contributed by atoms with E-state index in [1.54, 1.807) is 25.1 Å². The molecule has 1 aliphatic rings. The van der Waals surface area contributed by atoms with Crippen molar-refractivity contribution in [3.8, 4) is 0 Å². The second-order valence-corrected chi connectivity index (χ2v) is 5.30. The van der Waals surface area contributed by atoms with Crippen LogP contribution in [0.25, 0.3) is 0 Å². The van der Waals surface area contributed by atoms with Gasteiger partial charge in [-0.3, -0.25) is 14.7 Å². The SMILES string of the molecule is Cc1cc(NC(=O)c2n[nH]c3c2CNCC3)ccc1C(N)=O.Cl. The van der Waals surface area contributed by atoms with Crippen LogP contribution in [0.15, 0.2) is 18.2 Å². The number of hydrogen-bond donors (Lipinski definition) is 4. The van der Waals surface area contributed by atoms with Crippen molar-refractivity contribution in [2.24, 2.45) is 5.73 Å². The molecule has 23 heavy (non-hydrogen) atoms. The Kier molecular flexibility index (Phi) is 5.02. The lowest BCUT2D eigenvalue weighted by molar-refractivity contribution is 0.0997. The summed E-state index contributed by atoms with van der Waals surface area (Å²) in [6, 6.07) is 4.98. The van der Waals surface area contributed by atoms with Gasteiger partial charge in [0, 0.05) is 42.0 Å². The zero-order chi connectivity index (χ0) is 15.7. The van der Waals surface area contributed by atoms with Crippen LogP contribution in [0.4, 0.5) is 5.69 Å². The van der Waals surface area contributed by atoms with Gasteiger partial charge in [-0.1, -0.05) is 0 Å². The summed E-state index contributed by atoms with van der Waals surface area (Å²) in [6.07, 6.45) is 0.835. The van der Waals surface area contributed by atoms with Crippen molar-refractivity contribution in [3.05, 3.63) is 46.3 Å². The topological polar surface area (TPSA) is 113 Å². The van der Waals surface area contributed by atoms with Gasteiger partial charge in [0.25, 0.3) is 5.91 Å². The van der Waals surface area contributed by atoms with Crippen molar-refractivity contribution in [2.75, 3.05) is 11.9 Å². The molecule has 2 heterocycles. The van der Waals surface area contributed by atoms with E-state index in [1.807, 2.05) is 0 Å². The van der Waals surface area contributed by atoms with Crippen molar-refractivity contribution >= 4 is 29.9 Å². The molecule has 3 rings (SSSR count). The van der Waals surface area contributed by atoms with Crippen molar-refractivity contribution in [3.63, 3.8) is 0 Å². The van der Waals surface area contributed by atoms with Gasteiger partial charge in [0.15, 0.2) is 5.69 Å². The second-order valence-electron chi connectivity index (χ2n) is 5.30. The standard InChI is InChI=1S/C15H17N5O2.ClH/c1-8-6-9(2-3-10(8)14(16)21)18-15(22)13-11-7-17-5-4-12(11)19-20-13;/h2-3,6,17H,4-5,7H2,1H3,(H2,16,21)(H,18,22)(H,19,20);1H. The minimum atomic E-state index is -0.483. The molecule has 1 aliphatic heterocycles. The van der Waals surface area contributed by atoms with Crippen LogP contribution in [0.1, 0.15) is 37.7 Å². The van der Waals surface area contributed by atoms with Crippen LogP contribution in [0, 0.1) is 6.92 Å². The third-order valence-corrected chi connectivity index (χ3v) is 3.77. The van der Waals surface area contributed by atoms with Crippen molar-refractivity contribution in [1.82, 2.24) is 15.5 Å². The first kappa shape index (κ1) is 17.0. The van der Waals surface area contributed by atoms with Gasteiger partial charge in [0.05, 0.1) is 0 Å². The van der Waals surface area contributed by atoms with Crippen LogP contribution in [-0.2, 0) is 13.0 Å². The lowest BCUT2D eigenvalue weighted by atomic mass is 10.1. The van der Waals surface area contributed by atoms with E-state index >= 15 is 0 Å². The Morgan fingerprint density at radius 1 is 1.35 bits per heavy atom. The highest BCUT2D eigenvalue weighted by molar-refractivity contribution is 6.04. The monoisotopic (exact) mass is 335 g/mol. The third-order valence-electron chi connectivity index (χ3n) is 3.77. The number of hydrogen-bond acceptors (Lipinski definition) is 4. The normalized spacial score (nSPS) is 12.9. The highest BCUT2D eigenvalue weighted by Crippen LogP contribution is 2.19. The van der Waals surface area contributed by atoms with Crippen LogP contribution in [0.5, 0.6) is 0 Å². The molecular weight excluding hydrogens is 318 g/mol. The summed E-state index contributed by atoms with van der Waals surface area (Å²) in [5, 5.41) is 13.1. The van der Waals surface area contributed by atoms with Crippen LogP contribution in [0.3, 0.4) is 0 Å². The fraction of sp³-hybridized carbons (Fsp3) is 0.267. The quantitative estimate of drug-likeness (QED) is 0.673. The summed E-state index contributed by atoms with van der Waals surface area (Å²) in [6.45, 7) is 3.29.